The highest BCUT2D eigenvalue weighted by Gasteiger charge is 2.42. The standard InChI is InChI=1S/C9H3BrClF6NO2/c10-2-3-1-4(6(11)19)18-7(20-9(15,16)17)5(3)8(12,13)14/h1H,2H2. The summed E-state index contributed by atoms with van der Waals surface area (Å²) >= 11 is 7.69. The second-order valence-corrected chi connectivity index (χ2v) is 4.20. The van der Waals surface area contributed by atoms with Crippen LogP contribution in [-0.2, 0) is 11.5 Å². The van der Waals surface area contributed by atoms with Gasteiger partial charge in [-0.05, 0) is 23.2 Å². The predicted octanol–water partition coefficient (Wildman–Crippen LogP) is 4.27. The average Bonchev–Trinajstić information content (AvgIpc) is 2.23. The highest BCUT2D eigenvalue weighted by Crippen LogP contribution is 2.40. The predicted molar refractivity (Wildman–Crippen MR) is 58.7 cm³/mol. The summed E-state index contributed by atoms with van der Waals surface area (Å²) < 4.78 is 77.9. The minimum atomic E-state index is -5.40. The van der Waals surface area contributed by atoms with Crippen LogP contribution >= 0.6 is 27.5 Å². The second kappa shape index (κ2) is 5.76. The molecule has 0 unspecified atom stereocenters. The average molecular weight is 386 g/mol. The number of halogens is 8. The molecule has 3 nitrogen and oxygen atoms in total. The molecule has 1 rings (SSSR count). The minimum absolute atomic E-state index is 0.476. The Hall–Kier alpha value is -1.03. The van der Waals surface area contributed by atoms with Crippen molar-refractivity contribution in [2.24, 2.45) is 0 Å². The first-order valence-electron chi connectivity index (χ1n) is 4.58. The molecule has 0 radical (unpaired) electrons. The van der Waals surface area contributed by atoms with Gasteiger partial charge in [0.05, 0.1) is 0 Å². The van der Waals surface area contributed by atoms with E-state index in [9.17, 15) is 31.1 Å². The zero-order valence-electron chi connectivity index (χ0n) is 9.07. The maximum atomic E-state index is 12.8. The summed E-state index contributed by atoms with van der Waals surface area (Å²) in [4.78, 5) is 13.7. The Morgan fingerprint density at radius 2 is 1.85 bits per heavy atom. The summed E-state index contributed by atoms with van der Waals surface area (Å²) in [5, 5.41) is -1.79. The molecule has 0 bridgehead atoms. The highest BCUT2D eigenvalue weighted by molar-refractivity contribution is 9.08. The van der Waals surface area contributed by atoms with Gasteiger partial charge in [0.1, 0.15) is 11.3 Å². The number of carbonyl (C=O) groups excluding carboxylic acids is 1. The van der Waals surface area contributed by atoms with Crippen molar-refractivity contribution >= 4 is 32.8 Å². The van der Waals surface area contributed by atoms with Gasteiger partial charge in [-0.25, -0.2) is 4.98 Å². The maximum absolute atomic E-state index is 12.8. The number of carbonyl (C=O) groups is 1. The molecule has 0 aliphatic rings. The summed E-state index contributed by atoms with van der Waals surface area (Å²) in [6, 6.07) is 0.635. The quantitative estimate of drug-likeness (QED) is 0.442. The lowest BCUT2D eigenvalue weighted by Crippen LogP contribution is -2.23. The van der Waals surface area contributed by atoms with Crippen molar-refractivity contribution in [3.8, 4) is 5.88 Å². The lowest BCUT2D eigenvalue weighted by molar-refractivity contribution is -0.277. The lowest BCUT2D eigenvalue weighted by atomic mass is 10.1. The zero-order valence-corrected chi connectivity index (χ0v) is 11.4. The largest absolute Gasteiger partial charge is 0.574 e. The first-order chi connectivity index (χ1) is 8.95. The number of nitrogens with zero attached hydrogens (tertiary/aromatic N) is 1. The molecule has 20 heavy (non-hydrogen) atoms. The molecule has 0 spiro atoms. The van der Waals surface area contributed by atoms with E-state index in [1.54, 1.807) is 0 Å². The fourth-order valence-electron chi connectivity index (χ4n) is 1.26. The summed E-state index contributed by atoms with van der Waals surface area (Å²) in [6.45, 7) is 0. The number of hydrogen-bond donors (Lipinski definition) is 0. The van der Waals surface area contributed by atoms with Gasteiger partial charge in [-0.2, -0.15) is 13.2 Å². The fourth-order valence-corrected chi connectivity index (χ4v) is 1.80. The number of aromatic nitrogens is 1. The molecule has 1 aromatic heterocycles. The molecule has 0 atom stereocenters. The van der Waals surface area contributed by atoms with Gasteiger partial charge >= 0.3 is 12.5 Å². The van der Waals surface area contributed by atoms with Crippen LogP contribution in [0.15, 0.2) is 6.07 Å². The van der Waals surface area contributed by atoms with E-state index in [4.69, 9.17) is 11.6 Å². The number of pyridine rings is 1. The molecule has 1 heterocycles. The molecule has 0 N–H and O–H groups in total. The summed E-state index contributed by atoms with van der Waals surface area (Å²) in [7, 11) is 0. The van der Waals surface area contributed by atoms with Crippen LogP contribution in [0.25, 0.3) is 0 Å². The van der Waals surface area contributed by atoms with Crippen LogP contribution in [0.4, 0.5) is 26.3 Å². The summed E-state index contributed by atoms with van der Waals surface area (Å²) in [5.41, 5.74) is -3.17. The van der Waals surface area contributed by atoms with Crippen molar-refractivity contribution in [3.63, 3.8) is 0 Å². The van der Waals surface area contributed by atoms with Gasteiger partial charge < -0.3 is 4.74 Å². The molecule has 0 amide bonds. The van der Waals surface area contributed by atoms with E-state index in [0.717, 1.165) is 0 Å². The smallest absolute Gasteiger partial charge is 0.387 e. The third kappa shape index (κ3) is 4.23. The van der Waals surface area contributed by atoms with E-state index < -0.39 is 45.8 Å². The first-order valence-corrected chi connectivity index (χ1v) is 6.08. The van der Waals surface area contributed by atoms with E-state index in [1.165, 1.54) is 0 Å². The van der Waals surface area contributed by atoms with Gasteiger partial charge in [0.15, 0.2) is 0 Å². The van der Waals surface area contributed by atoms with Crippen molar-refractivity contribution in [1.82, 2.24) is 4.98 Å². The third-order valence-electron chi connectivity index (χ3n) is 1.91. The number of ether oxygens (including phenoxy) is 1. The van der Waals surface area contributed by atoms with Crippen molar-refractivity contribution in [1.29, 1.82) is 0 Å². The van der Waals surface area contributed by atoms with Gasteiger partial charge in [-0.15, -0.1) is 13.2 Å². The molecule has 112 valence electrons. The van der Waals surface area contributed by atoms with Crippen molar-refractivity contribution in [2.75, 3.05) is 0 Å². The van der Waals surface area contributed by atoms with Gasteiger partial charge in [-0.3, -0.25) is 4.79 Å². The van der Waals surface area contributed by atoms with E-state index in [2.05, 4.69) is 25.7 Å². The topological polar surface area (TPSA) is 39.2 Å². The molecule has 0 aliphatic carbocycles. The van der Waals surface area contributed by atoms with Crippen molar-refractivity contribution in [3.05, 3.63) is 22.9 Å². The Balaban J connectivity index is 3.57. The molecule has 0 aromatic carbocycles. The molecule has 0 fully saturated rings. The zero-order chi connectivity index (χ0) is 15.7. The Morgan fingerprint density at radius 3 is 2.20 bits per heavy atom. The van der Waals surface area contributed by atoms with Crippen LogP contribution in [0.2, 0.25) is 0 Å². The summed E-state index contributed by atoms with van der Waals surface area (Å²) in [5.74, 6) is -1.77. The van der Waals surface area contributed by atoms with Gasteiger partial charge in [0.2, 0.25) is 5.88 Å². The van der Waals surface area contributed by atoms with Crippen LogP contribution < -0.4 is 4.74 Å². The van der Waals surface area contributed by atoms with E-state index in [-0.39, 0.29) is 0 Å². The van der Waals surface area contributed by atoms with E-state index in [1.807, 2.05) is 0 Å². The Kier molecular flexibility index (Phi) is 4.90. The molecule has 0 saturated heterocycles. The Morgan fingerprint density at radius 1 is 1.30 bits per heavy atom. The molecule has 11 heteroatoms. The molecular weight excluding hydrogens is 383 g/mol. The first kappa shape index (κ1) is 17.0. The van der Waals surface area contributed by atoms with E-state index in [0.29, 0.717) is 6.07 Å². The van der Waals surface area contributed by atoms with Crippen molar-refractivity contribution in [2.45, 2.75) is 17.9 Å². The number of hydrogen-bond acceptors (Lipinski definition) is 3. The van der Waals surface area contributed by atoms with Crippen LogP contribution in [0.3, 0.4) is 0 Å². The normalized spacial score (nSPS) is 12.4. The van der Waals surface area contributed by atoms with Crippen molar-refractivity contribution < 1.29 is 35.9 Å². The SMILES string of the molecule is O=C(Cl)c1cc(CBr)c(C(F)(F)F)c(OC(F)(F)F)n1. The summed E-state index contributed by atoms with van der Waals surface area (Å²) in [6.07, 6.45) is -10.5. The fraction of sp³-hybridized carbons (Fsp3) is 0.333. The molecule has 0 aliphatic heterocycles. The van der Waals surface area contributed by atoms with Crippen LogP contribution in [0.5, 0.6) is 5.88 Å². The van der Waals surface area contributed by atoms with Gasteiger partial charge in [0, 0.05) is 5.33 Å². The van der Waals surface area contributed by atoms with Gasteiger partial charge in [-0.1, -0.05) is 15.9 Å². The molecule has 0 saturated carbocycles. The molecular formula is C9H3BrClF6NO2. The Labute approximate surface area is 121 Å². The Bertz CT molecular complexity index is 530. The monoisotopic (exact) mass is 385 g/mol. The van der Waals surface area contributed by atoms with Crippen LogP contribution in [0, 0.1) is 0 Å². The lowest BCUT2D eigenvalue weighted by Gasteiger charge is -2.17. The number of rotatable bonds is 3. The highest BCUT2D eigenvalue weighted by atomic mass is 79.9. The number of alkyl halides is 7. The molecule has 1 aromatic rings. The van der Waals surface area contributed by atoms with Crippen LogP contribution in [-0.4, -0.2) is 16.6 Å². The minimum Gasteiger partial charge on any atom is -0.387 e. The third-order valence-corrected chi connectivity index (χ3v) is 2.71. The van der Waals surface area contributed by atoms with Crippen LogP contribution in [0.1, 0.15) is 21.6 Å². The van der Waals surface area contributed by atoms with Gasteiger partial charge in [0.25, 0.3) is 5.24 Å². The second-order valence-electron chi connectivity index (χ2n) is 3.30. The van der Waals surface area contributed by atoms with E-state index >= 15 is 0 Å². The maximum Gasteiger partial charge on any atom is 0.574 e.